The van der Waals surface area contributed by atoms with E-state index in [-0.39, 0.29) is 11.0 Å². The number of benzene rings is 4. The number of nitrogens with zero attached hydrogens (tertiary/aromatic N) is 7. The number of aromatic nitrogens is 6. The van der Waals surface area contributed by atoms with Gasteiger partial charge in [-0.25, -0.2) is 19.9 Å². The van der Waals surface area contributed by atoms with Crippen LogP contribution in [0, 0.1) is 22.7 Å². The minimum Gasteiger partial charge on any atom is -0.343 e. The van der Waals surface area contributed by atoms with Crippen molar-refractivity contribution >= 4 is 66.8 Å². The van der Waals surface area contributed by atoms with Crippen LogP contribution in [0.1, 0.15) is 54.5 Å². The van der Waals surface area contributed by atoms with Crippen LogP contribution < -0.4 is 4.90 Å². The second kappa shape index (κ2) is 9.34. The van der Waals surface area contributed by atoms with Crippen molar-refractivity contribution in [2.24, 2.45) is 0 Å². The molecule has 1 aliphatic carbocycles. The highest BCUT2D eigenvalue weighted by Gasteiger charge is 2.39. The Bertz CT molecular complexity index is 2550. The molecule has 0 spiro atoms. The maximum absolute atomic E-state index is 11.0. The summed E-state index contributed by atoms with van der Waals surface area (Å²) in [5.74, 6) is 0. The van der Waals surface area contributed by atoms with Crippen molar-refractivity contribution in [3.05, 3.63) is 107 Å². The van der Waals surface area contributed by atoms with Gasteiger partial charge in [-0.05, 0) is 41.7 Å². The number of rotatable bonds is 2. The van der Waals surface area contributed by atoms with E-state index in [2.05, 4.69) is 81.2 Å². The third kappa shape index (κ3) is 3.31. The van der Waals surface area contributed by atoms with Gasteiger partial charge in [0.25, 0.3) is 0 Å². The van der Waals surface area contributed by atoms with Gasteiger partial charge in [0.1, 0.15) is 45.2 Å². The molecule has 9 nitrogen and oxygen atoms in total. The summed E-state index contributed by atoms with van der Waals surface area (Å²) in [7, 11) is 0. The Hall–Kier alpha value is -6.32. The topological polar surface area (TPSA) is 134 Å². The lowest BCUT2D eigenvalue weighted by molar-refractivity contribution is 0.632. The van der Waals surface area contributed by atoms with Crippen LogP contribution in [0.25, 0.3) is 49.7 Å². The standard InChI is InChI=1S/C37H25N9/c1-37(2)23-12-6-8-14-25(23)46(26-15-9-7-13-24(26)37)36-22(17-39)21(16-38)27(20-10-4-3-5-11-20)28-35(36)45-34-32-30(41-19-43-32)29-31(33(34)44-28)42-18-40-29/h3-4,6-10,12-15,18-19H,5,11H2,1-2H3,(H,40,42)(H,41,43). The molecule has 0 amide bonds. The van der Waals surface area contributed by atoms with Crippen molar-refractivity contribution in [1.29, 1.82) is 10.5 Å². The highest BCUT2D eigenvalue weighted by Crippen LogP contribution is 2.54. The number of para-hydroxylation sites is 2. The minimum absolute atomic E-state index is 0.266. The zero-order valence-electron chi connectivity index (χ0n) is 25.1. The summed E-state index contributed by atoms with van der Waals surface area (Å²) in [5, 5.41) is 21.8. The van der Waals surface area contributed by atoms with Crippen molar-refractivity contribution in [1.82, 2.24) is 29.9 Å². The zero-order chi connectivity index (χ0) is 31.2. The predicted octanol–water partition coefficient (Wildman–Crippen LogP) is 8.12. The highest BCUT2D eigenvalue weighted by atomic mass is 15.2. The maximum atomic E-state index is 11.0. The third-order valence-corrected chi connectivity index (χ3v) is 9.49. The highest BCUT2D eigenvalue weighted by molar-refractivity contribution is 6.20. The van der Waals surface area contributed by atoms with Gasteiger partial charge >= 0.3 is 0 Å². The molecule has 218 valence electrons. The van der Waals surface area contributed by atoms with Gasteiger partial charge in [0.05, 0.1) is 51.9 Å². The Kier molecular flexibility index (Phi) is 5.30. The fourth-order valence-electron chi connectivity index (χ4n) is 7.38. The molecule has 0 saturated carbocycles. The number of fused-ring (bicyclic) bond motifs is 9. The summed E-state index contributed by atoms with van der Waals surface area (Å²) in [6, 6.07) is 21.4. The second-order valence-electron chi connectivity index (χ2n) is 12.2. The average molecular weight is 596 g/mol. The van der Waals surface area contributed by atoms with Gasteiger partial charge in [-0.1, -0.05) is 68.5 Å². The summed E-state index contributed by atoms with van der Waals surface area (Å²) in [4.78, 5) is 28.4. The van der Waals surface area contributed by atoms with Crippen molar-refractivity contribution in [2.75, 3.05) is 4.90 Å². The molecule has 9 heteroatoms. The van der Waals surface area contributed by atoms with Crippen molar-refractivity contribution in [3.63, 3.8) is 0 Å². The van der Waals surface area contributed by atoms with Crippen LogP contribution in [-0.2, 0) is 5.41 Å². The molecule has 3 aromatic heterocycles. The number of allylic oxidation sites excluding steroid dienone is 4. The number of nitrogens with one attached hydrogen (secondary N) is 2. The Labute approximate surface area is 263 Å². The van der Waals surface area contributed by atoms with Crippen molar-refractivity contribution in [3.8, 4) is 12.1 Å². The normalized spacial score (nSPS) is 15.1. The molecule has 0 unspecified atom stereocenters. The largest absolute Gasteiger partial charge is 0.343 e. The molecule has 4 heterocycles. The summed E-state index contributed by atoms with van der Waals surface area (Å²) in [6.07, 6.45) is 10.9. The SMILES string of the molecule is CC1(C)c2ccccc2N(c2c(C#N)c(C#N)c(C3=CC=CCC3)c3nc4c(nc23)c2[nH]cnc2c2nc[nH]c24)c2ccccc21. The Balaban J connectivity index is 1.53. The number of nitriles is 2. The van der Waals surface area contributed by atoms with E-state index < -0.39 is 0 Å². The van der Waals surface area contributed by atoms with Crippen molar-refractivity contribution < 1.29 is 0 Å². The van der Waals surface area contributed by atoms with Crippen LogP contribution >= 0.6 is 0 Å². The molecule has 0 fully saturated rings. The summed E-state index contributed by atoms with van der Waals surface area (Å²) >= 11 is 0. The molecule has 0 radical (unpaired) electrons. The first kappa shape index (κ1) is 26.1. The van der Waals surface area contributed by atoms with Crippen LogP contribution in [0.5, 0.6) is 0 Å². The molecule has 0 saturated heterocycles. The lowest BCUT2D eigenvalue weighted by Gasteiger charge is -2.42. The van der Waals surface area contributed by atoms with Crippen LogP contribution in [0.15, 0.2) is 79.4 Å². The molecular formula is C37H25N9. The van der Waals surface area contributed by atoms with Crippen LogP contribution in [0.2, 0.25) is 0 Å². The van der Waals surface area contributed by atoms with E-state index in [1.807, 2.05) is 36.4 Å². The number of hydrogen-bond acceptors (Lipinski definition) is 7. The number of hydrogen-bond donors (Lipinski definition) is 2. The molecular weight excluding hydrogens is 570 g/mol. The number of imidazole rings is 2. The summed E-state index contributed by atoms with van der Waals surface area (Å²) < 4.78 is 0. The van der Waals surface area contributed by atoms with E-state index in [1.54, 1.807) is 12.7 Å². The molecule has 7 aromatic rings. The van der Waals surface area contributed by atoms with Gasteiger partial charge in [-0.15, -0.1) is 0 Å². The first-order valence-corrected chi connectivity index (χ1v) is 15.2. The average Bonchev–Trinajstić information content (AvgIpc) is 3.79. The first-order valence-electron chi connectivity index (χ1n) is 15.2. The quantitative estimate of drug-likeness (QED) is 0.193. The molecule has 2 aliphatic rings. The van der Waals surface area contributed by atoms with E-state index in [0.717, 1.165) is 34.5 Å². The van der Waals surface area contributed by atoms with Crippen LogP contribution in [-0.4, -0.2) is 29.9 Å². The lowest BCUT2D eigenvalue weighted by Crippen LogP contribution is -2.31. The smallest absolute Gasteiger partial charge is 0.118 e. The fraction of sp³-hybridized carbons (Fsp3) is 0.135. The van der Waals surface area contributed by atoms with Crippen LogP contribution in [0.4, 0.5) is 17.1 Å². The Morgan fingerprint density at radius 1 is 0.739 bits per heavy atom. The minimum atomic E-state index is -0.309. The summed E-state index contributed by atoms with van der Waals surface area (Å²) in [5.41, 5.74) is 11.6. The molecule has 2 N–H and O–H groups in total. The van der Waals surface area contributed by atoms with E-state index in [1.165, 1.54) is 0 Å². The maximum Gasteiger partial charge on any atom is 0.118 e. The molecule has 0 atom stereocenters. The molecule has 4 aromatic carbocycles. The van der Waals surface area contributed by atoms with Gasteiger partial charge in [0.15, 0.2) is 0 Å². The molecule has 0 bridgehead atoms. The molecule has 1 aliphatic heterocycles. The predicted molar refractivity (Wildman–Crippen MR) is 179 cm³/mol. The number of aromatic amines is 2. The number of anilines is 3. The monoisotopic (exact) mass is 595 g/mol. The number of H-pyrrole nitrogens is 2. The van der Waals surface area contributed by atoms with Gasteiger partial charge in [-0.2, -0.15) is 10.5 Å². The van der Waals surface area contributed by atoms with Crippen LogP contribution in [0.3, 0.4) is 0 Å². The third-order valence-electron chi connectivity index (χ3n) is 9.49. The van der Waals surface area contributed by atoms with E-state index >= 15 is 0 Å². The Morgan fingerprint density at radius 2 is 1.33 bits per heavy atom. The van der Waals surface area contributed by atoms with E-state index in [4.69, 9.17) is 9.97 Å². The fourth-order valence-corrected chi connectivity index (χ4v) is 7.38. The van der Waals surface area contributed by atoms with Gasteiger partial charge in [-0.3, -0.25) is 0 Å². The van der Waals surface area contributed by atoms with Crippen molar-refractivity contribution in [2.45, 2.75) is 32.1 Å². The van der Waals surface area contributed by atoms with Gasteiger partial charge in [0, 0.05) is 11.0 Å². The second-order valence-corrected chi connectivity index (χ2v) is 12.2. The first-order chi connectivity index (χ1) is 22.5. The van der Waals surface area contributed by atoms with Gasteiger partial charge in [0.2, 0.25) is 0 Å². The lowest BCUT2D eigenvalue weighted by atomic mass is 9.73. The Morgan fingerprint density at radius 3 is 1.89 bits per heavy atom. The van der Waals surface area contributed by atoms with Gasteiger partial charge < -0.3 is 14.9 Å². The van der Waals surface area contributed by atoms with E-state index in [9.17, 15) is 10.5 Å². The zero-order valence-corrected chi connectivity index (χ0v) is 25.1. The van der Waals surface area contributed by atoms with E-state index in [0.29, 0.717) is 67.4 Å². The molecule has 46 heavy (non-hydrogen) atoms. The summed E-state index contributed by atoms with van der Waals surface area (Å²) in [6.45, 7) is 4.44. The molecule has 9 rings (SSSR count).